The van der Waals surface area contributed by atoms with Crippen LogP contribution in [0, 0.1) is 0 Å². The van der Waals surface area contributed by atoms with Crippen molar-refractivity contribution in [3.05, 3.63) is 0 Å². The first-order valence-corrected chi connectivity index (χ1v) is 15.6. The van der Waals surface area contributed by atoms with E-state index < -0.39 is 0 Å². The molecule has 0 radical (unpaired) electrons. The van der Waals surface area contributed by atoms with Gasteiger partial charge in [0, 0.05) is 0 Å². The van der Waals surface area contributed by atoms with E-state index in [1.165, 1.54) is 180 Å². The van der Waals surface area contributed by atoms with Crippen molar-refractivity contribution in [1.29, 1.82) is 0 Å². The lowest BCUT2D eigenvalue weighted by atomic mass is 10.1. The van der Waals surface area contributed by atoms with E-state index in [-0.39, 0.29) is 0 Å². The molecule has 0 aliphatic carbocycles. The van der Waals surface area contributed by atoms with Crippen molar-refractivity contribution >= 4 is 0 Å². The summed E-state index contributed by atoms with van der Waals surface area (Å²) in [5, 5.41) is 0. The fourth-order valence-corrected chi connectivity index (χ4v) is 4.92. The lowest BCUT2D eigenvalue weighted by Gasteiger charge is -2.22. The van der Waals surface area contributed by atoms with Crippen LogP contribution in [-0.2, 0) is 0 Å². The molecule has 32 heavy (non-hydrogen) atoms. The first kappa shape index (κ1) is 32.0. The van der Waals surface area contributed by atoms with Gasteiger partial charge in [-0.2, -0.15) is 0 Å². The van der Waals surface area contributed by atoms with Crippen LogP contribution in [0.25, 0.3) is 0 Å². The molecule has 0 aliphatic heterocycles. The average molecular weight is 452 g/mol. The summed E-state index contributed by atoms with van der Waals surface area (Å²) >= 11 is 0. The van der Waals surface area contributed by atoms with Crippen molar-refractivity contribution < 1.29 is 0 Å². The van der Waals surface area contributed by atoms with E-state index in [9.17, 15) is 0 Å². The molecule has 0 aliphatic rings. The zero-order valence-corrected chi connectivity index (χ0v) is 23.2. The van der Waals surface area contributed by atoms with Gasteiger partial charge in [0.2, 0.25) is 0 Å². The van der Waals surface area contributed by atoms with E-state index in [0.29, 0.717) is 0 Å². The summed E-state index contributed by atoms with van der Waals surface area (Å²) in [6, 6.07) is 0. The van der Waals surface area contributed by atoms with Gasteiger partial charge < -0.3 is 4.90 Å². The monoisotopic (exact) mass is 452 g/mol. The van der Waals surface area contributed by atoms with Gasteiger partial charge in [0.1, 0.15) is 0 Å². The Balaban J connectivity index is 3.82. The number of hydrogen-bond acceptors (Lipinski definition) is 1. The van der Waals surface area contributed by atoms with Crippen LogP contribution >= 0.6 is 0 Å². The minimum absolute atomic E-state index is 1.36. The Kier molecular flexibility index (Phi) is 29.0. The predicted molar refractivity (Wildman–Crippen MR) is 149 cm³/mol. The smallest absolute Gasteiger partial charge is 0.00187 e. The third kappa shape index (κ3) is 26.2. The average Bonchev–Trinajstić information content (AvgIpc) is 2.80. The van der Waals surface area contributed by atoms with Crippen molar-refractivity contribution in [2.75, 3.05) is 19.6 Å². The molecule has 0 aromatic rings. The van der Waals surface area contributed by atoms with E-state index in [1.54, 1.807) is 0 Å². The van der Waals surface area contributed by atoms with Crippen LogP contribution in [0.3, 0.4) is 0 Å². The van der Waals surface area contributed by atoms with Crippen molar-refractivity contribution in [1.82, 2.24) is 4.90 Å². The van der Waals surface area contributed by atoms with Crippen LogP contribution in [0.5, 0.6) is 0 Å². The quantitative estimate of drug-likeness (QED) is 0.107. The number of rotatable bonds is 28. The first-order valence-electron chi connectivity index (χ1n) is 15.6. The van der Waals surface area contributed by atoms with Gasteiger partial charge >= 0.3 is 0 Å². The molecule has 0 heterocycles. The molecule has 0 saturated heterocycles. The van der Waals surface area contributed by atoms with Crippen molar-refractivity contribution in [2.24, 2.45) is 0 Å². The van der Waals surface area contributed by atoms with E-state index in [2.05, 4.69) is 25.7 Å². The standard InChI is InChI=1S/C31H65N/c1-4-7-10-13-16-18-21-24-27-30-32(29-26-23-20-15-12-9-6-3)31-28-25-22-19-17-14-11-8-5-2/h4-31H2,1-3H3. The van der Waals surface area contributed by atoms with Crippen molar-refractivity contribution in [3.63, 3.8) is 0 Å². The summed E-state index contributed by atoms with van der Waals surface area (Å²) in [5.74, 6) is 0. The van der Waals surface area contributed by atoms with Gasteiger partial charge in [-0.25, -0.2) is 0 Å². The molecule has 194 valence electrons. The van der Waals surface area contributed by atoms with Crippen LogP contribution in [0.15, 0.2) is 0 Å². The topological polar surface area (TPSA) is 3.24 Å². The predicted octanol–water partition coefficient (Wildman–Crippen LogP) is 11.1. The maximum absolute atomic E-state index is 2.83. The van der Waals surface area contributed by atoms with Crippen LogP contribution in [-0.4, -0.2) is 24.5 Å². The fourth-order valence-electron chi connectivity index (χ4n) is 4.92. The Hall–Kier alpha value is -0.0400. The highest BCUT2D eigenvalue weighted by molar-refractivity contribution is 4.61. The normalized spacial score (nSPS) is 11.6. The Bertz CT molecular complexity index is 292. The molecule has 0 atom stereocenters. The molecule has 0 unspecified atom stereocenters. The molecule has 0 amide bonds. The van der Waals surface area contributed by atoms with Gasteiger partial charge in [0.05, 0.1) is 0 Å². The summed E-state index contributed by atoms with van der Waals surface area (Å²) in [4.78, 5) is 2.83. The summed E-state index contributed by atoms with van der Waals surface area (Å²) < 4.78 is 0. The van der Waals surface area contributed by atoms with Gasteiger partial charge in [-0.1, -0.05) is 162 Å². The highest BCUT2D eigenvalue weighted by Crippen LogP contribution is 2.13. The van der Waals surface area contributed by atoms with E-state index in [1.807, 2.05) is 0 Å². The first-order chi connectivity index (χ1) is 15.8. The summed E-state index contributed by atoms with van der Waals surface area (Å²) in [6.07, 6.45) is 36.1. The van der Waals surface area contributed by atoms with Crippen LogP contribution in [0.2, 0.25) is 0 Å². The number of hydrogen-bond donors (Lipinski definition) is 0. The summed E-state index contributed by atoms with van der Waals surface area (Å²) in [5.41, 5.74) is 0. The second kappa shape index (κ2) is 29.0. The van der Waals surface area contributed by atoms with E-state index in [4.69, 9.17) is 0 Å². The molecule has 0 saturated carbocycles. The molecule has 1 heteroatoms. The molecule has 0 rings (SSSR count). The largest absolute Gasteiger partial charge is 0.303 e. The second-order valence-corrected chi connectivity index (χ2v) is 10.6. The maximum Gasteiger partial charge on any atom is -0.00187 e. The molecule has 0 spiro atoms. The van der Waals surface area contributed by atoms with Gasteiger partial charge in [-0.05, 0) is 38.9 Å². The SMILES string of the molecule is CCCCCCCCCCCN(CCCCCCCCC)CCCCCCCCCCC. The Labute approximate surface area is 205 Å². The van der Waals surface area contributed by atoms with E-state index in [0.717, 1.165) is 0 Å². The number of unbranched alkanes of at least 4 members (excludes halogenated alkanes) is 22. The van der Waals surface area contributed by atoms with Crippen molar-refractivity contribution in [3.8, 4) is 0 Å². The minimum Gasteiger partial charge on any atom is -0.303 e. The highest BCUT2D eigenvalue weighted by atomic mass is 15.1. The lowest BCUT2D eigenvalue weighted by Crippen LogP contribution is -2.27. The van der Waals surface area contributed by atoms with Crippen LogP contribution in [0.1, 0.15) is 181 Å². The highest BCUT2D eigenvalue weighted by Gasteiger charge is 2.05. The molecule has 1 nitrogen and oxygen atoms in total. The van der Waals surface area contributed by atoms with Gasteiger partial charge in [0.25, 0.3) is 0 Å². The zero-order chi connectivity index (χ0) is 23.4. The Morgan fingerprint density at radius 1 is 0.250 bits per heavy atom. The fraction of sp³-hybridized carbons (Fsp3) is 1.00. The van der Waals surface area contributed by atoms with Crippen LogP contribution < -0.4 is 0 Å². The molecule has 0 aromatic heterocycles. The minimum atomic E-state index is 1.36. The molecule has 0 fully saturated rings. The zero-order valence-electron chi connectivity index (χ0n) is 23.2. The second-order valence-electron chi connectivity index (χ2n) is 10.6. The van der Waals surface area contributed by atoms with Gasteiger partial charge in [-0.15, -0.1) is 0 Å². The Morgan fingerprint density at radius 2 is 0.438 bits per heavy atom. The van der Waals surface area contributed by atoms with E-state index >= 15 is 0 Å². The summed E-state index contributed by atoms with van der Waals surface area (Å²) in [6.45, 7) is 11.0. The molecule has 0 bridgehead atoms. The number of nitrogens with zero attached hydrogens (tertiary/aromatic N) is 1. The Morgan fingerprint density at radius 3 is 0.656 bits per heavy atom. The molecule has 0 N–H and O–H groups in total. The molecular weight excluding hydrogens is 386 g/mol. The summed E-state index contributed by atoms with van der Waals surface area (Å²) in [7, 11) is 0. The van der Waals surface area contributed by atoms with Crippen molar-refractivity contribution in [2.45, 2.75) is 181 Å². The molecule has 0 aromatic carbocycles. The molecular formula is C31H65N. The lowest BCUT2D eigenvalue weighted by molar-refractivity contribution is 0.254. The van der Waals surface area contributed by atoms with Gasteiger partial charge in [0.15, 0.2) is 0 Å². The van der Waals surface area contributed by atoms with Crippen LogP contribution in [0.4, 0.5) is 0 Å². The third-order valence-electron chi connectivity index (χ3n) is 7.23. The van der Waals surface area contributed by atoms with Gasteiger partial charge in [-0.3, -0.25) is 0 Å². The third-order valence-corrected chi connectivity index (χ3v) is 7.23. The maximum atomic E-state index is 2.83.